The summed E-state index contributed by atoms with van der Waals surface area (Å²) in [7, 11) is 0. The maximum absolute atomic E-state index is 10.3. The number of aliphatic hydroxyl groups is 1. The van der Waals surface area contributed by atoms with E-state index in [-0.39, 0.29) is 0 Å². The summed E-state index contributed by atoms with van der Waals surface area (Å²) in [6.07, 6.45) is 3.58. The van der Waals surface area contributed by atoms with E-state index in [9.17, 15) is 5.11 Å². The van der Waals surface area contributed by atoms with Gasteiger partial charge in [-0.25, -0.2) is 0 Å². The van der Waals surface area contributed by atoms with E-state index in [1.165, 1.54) is 5.56 Å². The molecule has 0 saturated carbocycles. The molecule has 2 rings (SSSR count). The molecule has 1 aromatic rings. The highest BCUT2D eigenvalue weighted by Crippen LogP contribution is 2.32. The third kappa shape index (κ3) is 4.35. The minimum atomic E-state index is -0.576. The Balaban J connectivity index is 1.77. The quantitative estimate of drug-likeness (QED) is 0.774. The fourth-order valence-corrected chi connectivity index (χ4v) is 2.45. The molecule has 0 aromatic heterocycles. The topological polar surface area (TPSA) is 50.7 Å². The van der Waals surface area contributed by atoms with E-state index in [1.807, 2.05) is 19.9 Å². The SMILES string of the molecule is CCC(O)(CC)CNC(C)CCc1ccc2c(c1)OCO2. The molecule has 0 saturated heterocycles. The average molecular weight is 293 g/mol. The Labute approximate surface area is 127 Å². The Bertz CT molecular complexity index is 457. The van der Waals surface area contributed by atoms with Crippen LogP contribution in [0.15, 0.2) is 18.2 Å². The zero-order valence-electron chi connectivity index (χ0n) is 13.3. The summed E-state index contributed by atoms with van der Waals surface area (Å²) in [6.45, 7) is 7.20. The van der Waals surface area contributed by atoms with Gasteiger partial charge >= 0.3 is 0 Å². The summed E-state index contributed by atoms with van der Waals surface area (Å²) in [5.41, 5.74) is 0.682. The highest BCUT2D eigenvalue weighted by atomic mass is 16.7. The van der Waals surface area contributed by atoms with Gasteiger partial charge in [0.05, 0.1) is 5.60 Å². The number of rotatable bonds is 8. The minimum Gasteiger partial charge on any atom is -0.454 e. The van der Waals surface area contributed by atoms with Crippen molar-refractivity contribution in [1.82, 2.24) is 5.32 Å². The highest BCUT2D eigenvalue weighted by molar-refractivity contribution is 5.44. The third-order valence-corrected chi connectivity index (χ3v) is 4.40. The molecule has 4 nitrogen and oxygen atoms in total. The molecule has 0 spiro atoms. The first kappa shape index (κ1) is 16.1. The average Bonchev–Trinajstić information content (AvgIpc) is 2.98. The van der Waals surface area contributed by atoms with Gasteiger partial charge in [-0.2, -0.15) is 0 Å². The second-order valence-corrected chi connectivity index (χ2v) is 5.94. The van der Waals surface area contributed by atoms with Crippen molar-refractivity contribution in [3.05, 3.63) is 23.8 Å². The standard InChI is InChI=1S/C17H27NO3/c1-4-17(19,5-2)11-18-13(3)6-7-14-8-9-15-16(10-14)21-12-20-15/h8-10,13,18-19H,4-7,11-12H2,1-3H3. The predicted octanol–water partition coefficient (Wildman–Crippen LogP) is 2.88. The van der Waals surface area contributed by atoms with Gasteiger partial charge in [-0.05, 0) is 50.3 Å². The first-order chi connectivity index (χ1) is 10.1. The molecule has 1 aliphatic rings. The highest BCUT2D eigenvalue weighted by Gasteiger charge is 2.22. The summed E-state index contributed by atoms with van der Waals surface area (Å²) in [6, 6.07) is 6.50. The second kappa shape index (κ2) is 7.14. The number of ether oxygens (including phenoxy) is 2. The van der Waals surface area contributed by atoms with Crippen LogP contribution in [0.25, 0.3) is 0 Å². The van der Waals surface area contributed by atoms with Crippen LogP contribution in [0.5, 0.6) is 11.5 Å². The smallest absolute Gasteiger partial charge is 0.231 e. The lowest BCUT2D eigenvalue weighted by Crippen LogP contribution is -2.43. The van der Waals surface area contributed by atoms with Crippen molar-refractivity contribution in [2.45, 2.75) is 58.1 Å². The van der Waals surface area contributed by atoms with E-state index >= 15 is 0 Å². The monoisotopic (exact) mass is 293 g/mol. The van der Waals surface area contributed by atoms with Crippen molar-refractivity contribution in [2.75, 3.05) is 13.3 Å². The summed E-state index contributed by atoms with van der Waals surface area (Å²) in [5.74, 6) is 1.68. The van der Waals surface area contributed by atoms with Crippen LogP contribution in [0.1, 0.15) is 45.6 Å². The van der Waals surface area contributed by atoms with Gasteiger partial charge in [-0.15, -0.1) is 0 Å². The first-order valence-corrected chi connectivity index (χ1v) is 7.90. The van der Waals surface area contributed by atoms with Gasteiger partial charge in [0.1, 0.15) is 0 Å². The van der Waals surface area contributed by atoms with Crippen molar-refractivity contribution < 1.29 is 14.6 Å². The maximum Gasteiger partial charge on any atom is 0.231 e. The molecule has 0 bridgehead atoms. The molecule has 1 aromatic carbocycles. The van der Waals surface area contributed by atoms with Gasteiger partial charge in [0.25, 0.3) is 0 Å². The van der Waals surface area contributed by atoms with Crippen LogP contribution in [-0.4, -0.2) is 30.1 Å². The molecule has 21 heavy (non-hydrogen) atoms. The van der Waals surface area contributed by atoms with Crippen molar-refractivity contribution >= 4 is 0 Å². The summed E-state index contributed by atoms with van der Waals surface area (Å²) in [4.78, 5) is 0. The first-order valence-electron chi connectivity index (χ1n) is 7.90. The van der Waals surface area contributed by atoms with E-state index in [0.29, 0.717) is 19.4 Å². The molecule has 118 valence electrons. The summed E-state index contributed by atoms with van der Waals surface area (Å²) < 4.78 is 10.7. The third-order valence-electron chi connectivity index (χ3n) is 4.40. The molecule has 4 heteroatoms. The molecule has 0 aliphatic carbocycles. The van der Waals surface area contributed by atoms with Gasteiger partial charge in [0, 0.05) is 12.6 Å². The molecule has 0 radical (unpaired) electrons. The van der Waals surface area contributed by atoms with E-state index in [4.69, 9.17) is 9.47 Å². The Morgan fingerprint density at radius 1 is 1.24 bits per heavy atom. The fourth-order valence-electron chi connectivity index (χ4n) is 2.45. The zero-order valence-corrected chi connectivity index (χ0v) is 13.3. The van der Waals surface area contributed by atoms with Crippen LogP contribution in [0.2, 0.25) is 0 Å². The second-order valence-electron chi connectivity index (χ2n) is 5.94. The van der Waals surface area contributed by atoms with Crippen LogP contribution in [0.3, 0.4) is 0 Å². The minimum absolute atomic E-state index is 0.323. The van der Waals surface area contributed by atoms with Crippen LogP contribution < -0.4 is 14.8 Å². The maximum atomic E-state index is 10.3. The van der Waals surface area contributed by atoms with E-state index in [2.05, 4.69) is 24.4 Å². The lowest BCUT2D eigenvalue weighted by Gasteiger charge is -2.27. The van der Waals surface area contributed by atoms with Crippen molar-refractivity contribution in [1.29, 1.82) is 0 Å². The number of hydrogen-bond donors (Lipinski definition) is 2. The number of benzene rings is 1. The van der Waals surface area contributed by atoms with Crippen molar-refractivity contribution in [3.63, 3.8) is 0 Å². The lowest BCUT2D eigenvalue weighted by atomic mass is 9.97. The predicted molar refractivity (Wildman–Crippen MR) is 83.9 cm³/mol. The lowest BCUT2D eigenvalue weighted by molar-refractivity contribution is 0.0301. The Morgan fingerprint density at radius 2 is 1.95 bits per heavy atom. The van der Waals surface area contributed by atoms with Gasteiger partial charge in [-0.1, -0.05) is 19.9 Å². The van der Waals surface area contributed by atoms with Crippen LogP contribution in [0.4, 0.5) is 0 Å². The number of fused-ring (bicyclic) bond motifs is 1. The number of nitrogens with one attached hydrogen (secondary N) is 1. The van der Waals surface area contributed by atoms with E-state index in [1.54, 1.807) is 0 Å². The van der Waals surface area contributed by atoms with Crippen molar-refractivity contribution in [3.8, 4) is 11.5 Å². The molecule has 1 atom stereocenters. The van der Waals surface area contributed by atoms with Gasteiger partial charge in [0.2, 0.25) is 6.79 Å². The van der Waals surface area contributed by atoms with Crippen LogP contribution in [0, 0.1) is 0 Å². The largest absolute Gasteiger partial charge is 0.454 e. The van der Waals surface area contributed by atoms with E-state index in [0.717, 1.165) is 37.2 Å². The summed E-state index contributed by atoms with van der Waals surface area (Å²) in [5, 5.41) is 13.7. The van der Waals surface area contributed by atoms with Gasteiger partial charge in [-0.3, -0.25) is 0 Å². The molecular weight excluding hydrogens is 266 g/mol. The van der Waals surface area contributed by atoms with Crippen LogP contribution in [-0.2, 0) is 6.42 Å². The number of hydrogen-bond acceptors (Lipinski definition) is 4. The van der Waals surface area contributed by atoms with E-state index < -0.39 is 5.60 Å². The van der Waals surface area contributed by atoms with Gasteiger partial charge < -0.3 is 19.9 Å². The number of aryl methyl sites for hydroxylation is 1. The molecule has 0 amide bonds. The van der Waals surface area contributed by atoms with Crippen molar-refractivity contribution in [2.24, 2.45) is 0 Å². The molecule has 1 heterocycles. The van der Waals surface area contributed by atoms with Crippen LogP contribution >= 0.6 is 0 Å². The molecular formula is C17H27NO3. The molecule has 1 unspecified atom stereocenters. The molecule has 2 N–H and O–H groups in total. The Morgan fingerprint density at radius 3 is 2.67 bits per heavy atom. The Hall–Kier alpha value is -1.26. The van der Waals surface area contributed by atoms with Gasteiger partial charge in [0.15, 0.2) is 11.5 Å². The normalized spacial score (nSPS) is 15.2. The molecule has 1 aliphatic heterocycles. The molecule has 0 fully saturated rings. The Kier molecular flexibility index (Phi) is 5.48. The fraction of sp³-hybridized carbons (Fsp3) is 0.647. The summed E-state index contributed by atoms with van der Waals surface area (Å²) >= 11 is 0. The zero-order chi connectivity index (χ0) is 15.3.